The van der Waals surface area contributed by atoms with E-state index in [1.54, 1.807) is 6.20 Å². The van der Waals surface area contributed by atoms with E-state index in [2.05, 4.69) is 40.6 Å². The summed E-state index contributed by atoms with van der Waals surface area (Å²) in [5.41, 5.74) is 5.21. The molecule has 0 amide bonds. The van der Waals surface area contributed by atoms with Crippen molar-refractivity contribution in [3.63, 3.8) is 0 Å². The molecule has 3 heteroatoms. The van der Waals surface area contributed by atoms with Crippen LogP contribution in [0.4, 0.5) is 0 Å². The highest BCUT2D eigenvalue weighted by atomic mass is 15.1. The Morgan fingerprint density at radius 2 is 2.12 bits per heavy atom. The van der Waals surface area contributed by atoms with Crippen molar-refractivity contribution in [2.24, 2.45) is 0 Å². The monoisotopic (exact) mass is 225 g/mol. The first-order valence-electron chi connectivity index (χ1n) is 5.98. The predicted molar refractivity (Wildman–Crippen MR) is 67.6 cm³/mol. The van der Waals surface area contributed by atoms with E-state index in [1.165, 1.54) is 16.7 Å². The Balaban J connectivity index is 2.06. The number of benzene rings is 1. The maximum Gasteiger partial charge on any atom is 0.0574 e. The lowest BCUT2D eigenvalue weighted by Gasteiger charge is -2.24. The second-order valence-electron chi connectivity index (χ2n) is 4.47. The number of rotatable bonds is 1. The largest absolute Gasteiger partial charge is 0.310 e. The van der Waals surface area contributed by atoms with E-state index in [9.17, 15) is 0 Å². The zero-order valence-corrected chi connectivity index (χ0v) is 9.85. The van der Waals surface area contributed by atoms with Crippen LogP contribution in [0.1, 0.15) is 24.1 Å². The molecule has 2 heterocycles. The molecule has 0 bridgehead atoms. The highest BCUT2D eigenvalue weighted by Crippen LogP contribution is 2.27. The average Bonchev–Trinajstić information content (AvgIpc) is 2.40. The second-order valence-corrected chi connectivity index (χ2v) is 4.47. The SMILES string of the molecule is CC1NCCc2ccc(-c3ccnnc3)cc21. The molecule has 2 aromatic rings. The third-order valence-electron chi connectivity index (χ3n) is 3.37. The Kier molecular flexibility index (Phi) is 2.61. The predicted octanol–water partition coefficient (Wildman–Crippen LogP) is 2.35. The zero-order chi connectivity index (χ0) is 11.7. The minimum absolute atomic E-state index is 0.438. The lowest BCUT2D eigenvalue weighted by Crippen LogP contribution is -2.27. The summed E-state index contributed by atoms with van der Waals surface area (Å²) in [5.74, 6) is 0. The Labute approximate surface area is 101 Å². The number of hydrogen-bond donors (Lipinski definition) is 1. The minimum atomic E-state index is 0.438. The summed E-state index contributed by atoms with van der Waals surface area (Å²) in [6.07, 6.45) is 4.66. The molecule has 17 heavy (non-hydrogen) atoms. The number of fused-ring (bicyclic) bond motifs is 1. The van der Waals surface area contributed by atoms with Crippen LogP contribution in [0.3, 0.4) is 0 Å². The van der Waals surface area contributed by atoms with Crippen molar-refractivity contribution >= 4 is 0 Å². The molecule has 1 aromatic heterocycles. The molecule has 0 aliphatic carbocycles. The van der Waals surface area contributed by atoms with E-state index < -0.39 is 0 Å². The summed E-state index contributed by atoms with van der Waals surface area (Å²) < 4.78 is 0. The van der Waals surface area contributed by atoms with Gasteiger partial charge in [0, 0.05) is 11.6 Å². The van der Waals surface area contributed by atoms with E-state index in [4.69, 9.17) is 0 Å². The molecule has 86 valence electrons. The van der Waals surface area contributed by atoms with Crippen molar-refractivity contribution < 1.29 is 0 Å². The van der Waals surface area contributed by atoms with E-state index in [1.807, 2.05) is 12.3 Å². The minimum Gasteiger partial charge on any atom is -0.310 e. The molecule has 1 atom stereocenters. The van der Waals surface area contributed by atoms with Gasteiger partial charge in [-0.05, 0) is 48.7 Å². The number of aromatic nitrogens is 2. The van der Waals surface area contributed by atoms with Gasteiger partial charge in [-0.25, -0.2) is 0 Å². The van der Waals surface area contributed by atoms with Gasteiger partial charge in [0.25, 0.3) is 0 Å². The van der Waals surface area contributed by atoms with E-state index >= 15 is 0 Å². The quantitative estimate of drug-likeness (QED) is 0.809. The molecule has 0 radical (unpaired) electrons. The molecule has 0 fully saturated rings. The van der Waals surface area contributed by atoms with Crippen molar-refractivity contribution in [1.29, 1.82) is 0 Å². The summed E-state index contributed by atoms with van der Waals surface area (Å²) in [7, 11) is 0. The van der Waals surface area contributed by atoms with Crippen molar-refractivity contribution in [2.45, 2.75) is 19.4 Å². The van der Waals surface area contributed by atoms with Gasteiger partial charge < -0.3 is 5.32 Å². The van der Waals surface area contributed by atoms with Gasteiger partial charge >= 0.3 is 0 Å². The number of nitrogens with one attached hydrogen (secondary N) is 1. The molecule has 1 unspecified atom stereocenters. The summed E-state index contributed by atoms with van der Waals surface area (Å²) in [5, 5.41) is 11.2. The third kappa shape index (κ3) is 1.94. The Morgan fingerprint density at radius 3 is 2.94 bits per heavy atom. The van der Waals surface area contributed by atoms with Gasteiger partial charge in [0.15, 0.2) is 0 Å². The van der Waals surface area contributed by atoms with Crippen LogP contribution in [0.15, 0.2) is 36.7 Å². The standard InChI is InChI=1S/C14H15N3/c1-10-14-8-12(13-5-7-16-17-9-13)3-2-11(14)4-6-15-10/h2-3,5,7-10,15H,4,6H2,1H3. The van der Waals surface area contributed by atoms with Gasteiger partial charge in [0.1, 0.15) is 0 Å². The van der Waals surface area contributed by atoms with Crippen LogP contribution >= 0.6 is 0 Å². The topological polar surface area (TPSA) is 37.8 Å². The summed E-state index contributed by atoms with van der Waals surface area (Å²) in [6.45, 7) is 3.29. The first-order valence-corrected chi connectivity index (χ1v) is 5.98. The molecule has 3 nitrogen and oxygen atoms in total. The van der Waals surface area contributed by atoms with Crippen LogP contribution in [-0.2, 0) is 6.42 Å². The first kappa shape index (κ1) is 10.4. The normalized spacial score (nSPS) is 18.8. The second kappa shape index (κ2) is 4.26. The highest BCUT2D eigenvalue weighted by Gasteiger charge is 2.15. The highest BCUT2D eigenvalue weighted by molar-refractivity contribution is 5.64. The molecular formula is C14H15N3. The fourth-order valence-electron chi connectivity index (χ4n) is 2.40. The van der Waals surface area contributed by atoms with Crippen LogP contribution in [0.5, 0.6) is 0 Å². The van der Waals surface area contributed by atoms with Crippen LogP contribution < -0.4 is 5.32 Å². The van der Waals surface area contributed by atoms with Crippen LogP contribution in [0.2, 0.25) is 0 Å². The molecular weight excluding hydrogens is 210 g/mol. The van der Waals surface area contributed by atoms with Gasteiger partial charge in [-0.15, -0.1) is 0 Å². The van der Waals surface area contributed by atoms with E-state index in [-0.39, 0.29) is 0 Å². The molecule has 0 spiro atoms. The Morgan fingerprint density at radius 1 is 1.18 bits per heavy atom. The van der Waals surface area contributed by atoms with Crippen molar-refractivity contribution in [3.8, 4) is 11.1 Å². The zero-order valence-electron chi connectivity index (χ0n) is 9.85. The van der Waals surface area contributed by atoms with Crippen LogP contribution in [0, 0.1) is 0 Å². The fraction of sp³-hybridized carbons (Fsp3) is 0.286. The van der Waals surface area contributed by atoms with E-state index in [0.29, 0.717) is 6.04 Å². The number of hydrogen-bond acceptors (Lipinski definition) is 3. The smallest absolute Gasteiger partial charge is 0.0574 e. The van der Waals surface area contributed by atoms with Gasteiger partial charge in [-0.2, -0.15) is 10.2 Å². The van der Waals surface area contributed by atoms with Crippen LogP contribution in [-0.4, -0.2) is 16.7 Å². The molecule has 0 saturated heterocycles. The maximum absolute atomic E-state index is 3.93. The summed E-state index contributed by atoms with van der Waals surface area (Å²) in [4.78, 5) is 0. The fourth-order valence-corrected chi connectivity index (χ4v) is 2.40. The lowest BCUT2D eigenvalue weighted by atomic mass is 9.92. The maximum atomic E-state index is 3.93. The molecule has 0 saturated carbocycles. The lowest BCUT2D eigenvalue weighted by molar-refractivity contribution is 0.541. The van der Waals surface area contributed by atoms with E-state index in [0.717, 1.165) is 18.5 Å². The van der Waals surface area contributed by atoms with Gasteiger partial charge in [-0.1, -0.05) is 12.1 Å². The van der Waals surface area contributed by atoms with Crippen LogP contribution in [0.25, 0.3) is 11.1 Å². The Bertz CT molecular complexity index is 522. The Hall–Kier alpha value is -1.74. The van der Waals surface area contributed by atoms with Crippen molar-refractivity contribution in [3.05, 3.63) is 47.8 Å². The number of nitrogens with zero attached hydrogens (tertiary/aromatic N) is 2. The average molecular weight is 225 g/mol. The molecule has 3 rings (SSSR count). The summed E-state index contributed by atoms with van der Waals surface area (Å²) in [6, 6.07) is 9.11. The van der Waals surface area contributed by atoms with Gasteiger partial charge in [0.2, 0.25) is 0 Å². The van der Waals surface area contributed by atoms with Gasteiger partial charge in [-0.3, -0.25) is 0 Å². The molecule has 1 aliphatic rings. The first-order chi connectivity index (χ1) is 8.34. The van der Waals surface area contributed by atoms with Crippen molar-refractivity contribution in [1.82, 2.24) is 15.5 Å². The molecule has 1 N–H and O–H groups in total. The molecule has 1 aliphatic heterocycles. The third-order valence-corrected chi connectivity index (χ3v) is 3.37. The van der Waals surface area contributed by atoms with Gasteiger partial charge in [0.05, 0.1) is 12.4 Å². The van der Waals surface area contributed by atoms with Crippen molar-refractivity contribution in [2.75, 3.05) is 6.54 Å². The molecule has 1 aromatic carbocycles. The summed E-state index contributed by atoms with van der Waals surface area (Å²) >= 11 is 0.